The van der Waals surface area contributed by atoms with E-state index in [1.54, 1.807) is 18.3 Å². The highest BCUT2D eigenvalue weighted by Crippen LogP contribution is 2.41. The highest BCUT2D eigenvalue weighted by atomic mass is 19.1. The molecule has 0 saturated carbocycles. The van der Waals surface area contributed by atoms with E-state index in [0.717, 1.165) is 11.9 Å². The minimum Gasteiger partial charge on any atom is -0.481 e. The molecule has 12 heteroatoms. The molecule has 39 heavy (non-hydrogen) atoms. The summed E-state index contributed by atoms with van der Waals surface area (Å²) in [5.74, 6) is -1.40. The van der Waals surface area contributed by atoms with E-state index in [1.165, 1.54) is 6.07 Å². The molecule has 2 unspecified atom stereocenters. The fourth-order valence-electron chi connectivity index (χ4n) is 5.09. The summed E-state index contributed by atoms with van der Waals surface area (Å²) in [5.41, 5.74) is 2.21. The zero-order chi connectivity index (χ0) is 27.7. The van der Waals surface area contributed by atoms with Gasteiger partial charge in [-0.3, -0.25) is 4.79 Å². The van der Waals surface area contributed by atoms with E-state index >= 15 is 4.39 Å². The zero-order valence-corrected chi connectivity index (χ0v) is 22.0. The maximum absolute atomic E-state index is 15.0. The summed E-state index contributed by atoms with van der Waals surface area (Å²) in [6.07, 6.45) is 2.99. The second kappa shape index (κ2) is 11.0. The summed E-state index contributed by atoms with van der Waals surface area (Å²) >= 11 is 0. The van der Waals surface area contributed by atoms with Crippen molar-refractivity contribution in [3.05, 3.63) is 48.3 Å². The van der Waals surface area contributed by atoms with Gasteiger partial charge < -0.3 is 30.3 Å². The fraction of sp³-hybridized carbons (Fsp3) is 0.407. The van der Waals surface area contributed by atoms with Gasteiger partial charge in [-0.1, -0.05) is 0 Å². The van der Waals surface area contributed by atoms with Crippen molar-refractivity contribution in [2.24, 2.45) is 0 Å². The minimum absolute atomic E-state index is 0.0187. The van der Waals surface area contributed by atoms with Gasteiger partial charge in [0.15, 0.2) is 5.82 Å². The van der Waals surface area contributed by atoms with Gasteiger partial charge in [0.25, 0.3) is 0 Å². The van der Waals surface area contributed by atoms with Crippen molar-refractivity contribution in [3.8, 4) is 11.3 Å². The molecule has 4 heterocycles. The van der Waals surface area contributed by atoms with Crippen LogP contribution in [0.5, 0.6) is 0 Å². The summed E-state index contributed by atoms with van der Waals surface area (Å²) in [6, 6.07) is 6.76. The van der Waals surface area contributed by atoms with E-state index in [1.807, 2.05) is 31.7 Å². The van der Waals surface area contributed by atoms with Crippen LogP contribution in [0, 0.1) is 11.6 Å². The number of aliphatic carboxylic acids is 1. The smallest absolute Gasteiger partial charge is 0.303 e. The third-order valence-electron chi connectivity index (χ3n) is 6.86. The van der Waals surface area contributed by atoms with Crippen LogP contribution in [0.4, 0.5) is 37.6 Å². The standard InChI is InChI=1S/C27H31F2N7O3/c1-15(2)36-16(3)32-26-20(28)10-17(11-22(26)36)25-21(29)13-31-27(34-25)33-23-6-4-18(12-30-23)35-8-9-39-19(14-35)5-7-24(37)38/h4,6,10-13,15-16,19,32H,5,7-9,14H2,1-3H3,(H,37,38)(H,30,31,33,34). The second-order valence-electron chi connectivity index (χ2n) is 9.96. The number of halogens is 2. The monoisotopic (exact) mass is 539 g/mol. The van der Waals surface area contributed by atoms with Gasteiger partial charge in [-0.2, -0.15) is 0 Å². The molecule has 2 atom stereocenters. The number of nitrogens with zero attached hydrogens (tertiary/aromatic N) is 5. The number of carboxylic acid groups (broad SMARTS) is 1. The van der Waals surface area contributed by atoms with E-state index in [-0.39, 0.29) is 36.4 Å². The van der Waals surface area contributed by atoms with Crippen LogP contribution < -0.4 is 20.4 Å². The van der Waals surface area contributed by atoms with Gasteiger partial charge in [0, 0.05) is 31.1 Å². The number of carbonyl (C=O) groups is 1. The lowest BCUT2D eigenvalue weighted by molar-refractivity contribution is -0.137. The third-order valence-corrected chi connectivity index (χ3v) is 6.86. The summed E-state index contributed by atoms with van der Waals surface area (Å²) < 4.78 is 35.5. The normalized spacial score (nSPS) is 18.7. The van der Waals surface area contributed by atoms with E-state index in [0.29, 0.717) is 48.9 Å². The van der Waals surface area contributed by atoms with Crippen LogP contribution >= 0.6 is 0 Å². The van der Waals surface area contributed by atoms with Crippen LogP contribution in [-0.4, -0.2) is 64.0 Å². The molecule has 3 N–H and O–H groups in total. The number of rotatable bonds is 8. The van der Waals surface area contributed by atoms with Crippen LogP contribution in [0.15, 0.2) is 36.7 Å². The predicted molar refractivity (Wildman–Crippen MR) is 144 cm³/mol. The van der Waals surface area contributed by atoms with Gasteiger partial charge in [-0.15, -0.1) is 0 Å². The molecule has 2 aliphatic heterocycles. The van der Waals surface area contributed by atoms with Crippen molar-refractivity contribution in [2.75, 3.05) is 40.1 Å². The van der Waals surface area contributed by atoms with Crippen LogP contribution in [0.1, 0.15) is 33.6 Å². The molecule has 0 spiro atoms. The topological polar surface area (TPSA) is 116 Å². The molecule has 1 fully saturated rings. The van der Waals surface area contributed by atoms with E-state index in [9.17, 15) is 9.18 Å². The number of hydrogen-bond donors (Lipinski definition) is 3. The van der Waals surface area contributed by atoms with Gasteiger partial charge >= 0.3 is 5.97 Å². The highest BCUT2D eigenvalue weighted by Gasteiger charge is 2.31. The van der Waals surface area contributed by atoms with E-state index in [4.69, 9.17) is 9.84 Å². The Morgan fingerprint density at radius 2 is 2.05 bits per heavy atom. The van der Waals surface area contributed by atoms with Crippen LogP contribution in [0.3, 0.4) is 0 Å². The lowest BCUT2D eigenvalue weighted by atomic mass is 10.1. The Balaban J connectivity index is 1.32. The van der Waals surface area contributed by atoms with Gasteiger partial charge in [0.1, 0.15) is 17.3 Å². The van der Waals surface area contributed by atoms with Crippen molar-refractivity contribution in [1.82, 2.24) is 15.0 Å². The number of aromatic nitrogens is 3. The Morgan fingerprint density at radius 3 is 2.77 bits per heavy atom. The molecule has 0 aliphatic carbocycles. The highest BCUT2D eigenvalue weighted by molar-refractivity contribution is 5.82. The predicted octanol–water partition coefficient (Wildman–Crippen LogP) is 4.62. The molecule has 206 valence electrons. The quantitative estimate of drug-likeness (QED) is 0.375. The van der Waals surface area contributed by atoms with Crippen molar-refractivity contribution >= 4 is 34.8 Å². The van der Waals surface area contributed by atoms with Crippen LogP contribution in [-0.2, 0) is 9.53 Å². The lowest BCUT2D eigenvalue weighted by Crippen LogP contribution is -2.42. The first-order chi connectivity index (χ1) is 18.7. The lowest BCUT2D eigenvalue weighted by Gasteiger charge is -2.34. The molecule has 2 aliphatic rings. The first kappa shape index (κ1) is 26.5. The SMILES string of the molecule is CC(C)N1c2cc(-c3nc(Nc4ccc(N5CCOC(CCC(=O)O)C5)cn4)ncc3F)cc(F)c2NC1C. The Hall–Kier alpha value is -4.06. The number of benzene rings is 1. The summed E-state index contributed by atoms with van der Waals surface area (Å²) in [6.45, 7) is 7.72. The Morgan fingerprint density at radius 1 is 1.23 bits per heavy atom. The Labute approximate surface area is 225 Å². The number of carboxylic acids is 1. The molecule has 3 aromatic rings. The van der Waals surface area contributed by atoms with Gasteiger partial charge in [0.05, 0.1) is 48.3 Å². The molecule has 0 radical (unpaired) electrons. The molecule has 1 saturated heterocycles. The Kier molecular flexibility index (Phi) is 7.47. The molecular weight excluding hydrogens is 508 g/mol. The minimum atomic E-state index is -0.843. The number of morpholine rings is 1. The number of hydrogen-bond acceptors (Lipinski definition) is 9. The van der Waals surface area contributed by atoms with Crippen molar-refractivity contribution in [3.63, 3.8) is 0 Å². The molecule has 2 aromatic heterocycles. The molecule has 0 bridgehead atoms. The van der Waals surface area contributed by atoms with Crippen LogP contribution in [0.25, 0.3) is 11.3 Å². The van der Waals surface area contributed by atoms with Crippen LogP contribution in [0.2, 0.25) is 0 Å². The molecule has 5 rings (SSSR count). The summed E-state index contributed by atoms with van der Waals surface area (Å²) in [5, 5.41) is 15.1. The van der Waals surface area contributed by atoms with Gasteiger partial charge in [-0.25, -0.2) is 23.7 Å². The molecule has 1 aromatic carbocycles. The molecule has 0 amide bonds. The fourth-order valence-corrected chi connectivity index (χ4v) is 5.09. The van der Waals surface area contributed by atoms with E-state index in [2.05, 4.69) is 30.5 Å². The van der Waals surface area contributed by atoms with Crippen molar-refractivity contribution in [2.45, 2.75) is 51.9 Å². The number of pyridine rings is 1. The first-order valence-corrected chi connectivity index (χ1v) is 12.9. The maximum Gasteiger partial charge on any atom is 0.303 e. The maximum atomic E-state index is 15.0. The van der Waals surface area contributed by atoms with E-state index < -0.39 is 17.6 Å². The second-order valence-corrected chi connectivity index (χ2v) is 9.96. The summed E-state index contributed by atoms with van der Waals surface area (Å²) in [7, 11) is 0. The Bertz CT molecular complexity index is 1360. The number of ether oxygens (including phenoxy) is 1. The zero-order valence-electron chi connectivity index (χ0n) is 22.0. The van der Waals surface area contributed by atoms with Crippen molar-refractivity contribution in [1.29, 1.82) is 0 Å². The number of anilines is 5. The average Bonchev–Trinajstić information content (AvgIpc) is 3.26. The molecule has 10 nitrogen and oxygen atoms in total. The average molecular weight is 540 g/mol. The largest absolute Gasteiger partial charge is 0.481 e. The van der Waals surface area contributed by atoms with Gasteiger partial charge in [-0.05, 0) is 51.5 Å². The number of nitrogens with one attached hydrogen (secondary N) is 2. The first-order valence-electron chi connectivity index (χ1n) is 12.9. The third kappa shape index (κ3) is 5.70. The molecular formula is C27H31F2N7O3. The summed E-state index contributed by atoms with van der Waals surface area (Å²) in [4.78, 5) is 27.8. The number of fused-ring (bicyclic) bond motifs is 1. The van der Waals surface area contributed by atoms with Crippen molar-refractivity contribution < 1.29 is 23.4 Å². The van der Waals surface area contributed by atoms with Gasteiger partial charge in [0.2, 0.25) is 5.95 Å².